The lowest BCUT2D eigenvalue weighted by Crippen LogP contribution is -2.26. The van der Waals surface area contributed by atoms with Crippen LogP contribution in [0.2, 0.25) is 0 Å². The van der Waals surface area contributed by atoms with E-state index in [1.165, 1.54) is 6.42 Å². The number of nitrogen functional groups attached to an aromatic ring is 1. The SMILES string of the molecule is Nc1ccccc1S[C@H]1CCCC[C@@H]1O. The predicted molar refractivity (Wildman–Crippen MR) is 65.0 cm³/mol. The highest BCUT2D eigenvalue weighted by molar-refractivity contribution is 8.00. The van der Waals surface area contributed by atoms with E-state index in [1.54, 1.807) is 11.8 Å². The molecule has 82 valence electrons. The van der Waals surface area contributed by atoms with Gasteiger partial charge in [0.25, 0.3) is 0 Å². The van der Waals surface area contributed by atoms with Gasteiger partial charge in [-0.2, -0.15) is 0 Å². The normalized spacial score (nSPS) is 26.5. The standard InChI is InChI=1S/C12H17NOS/c13-9-5-1-3-7-11(9)15-12-8-4-2-6-10(12)14/h1,3,5,7,10,12,14H,2,4,6,8,13H2/t10-,12-/m0/s1. The van der Waals surface area contributed by atoms with E-state index in [-0.39, 0.29) is 6.10 Å². The van der Waals surface area contributed by atoms with Crippen molar-refractivity contribution in [3.8, 4) is 0 Å². The maximum Gasteiger partial charge on any atom is 0.0662 e. The average Bonchev–Trinajstić information content (AvgIpc) is 2.24. The van der Waals surface area contributed by atoms with E-state index in [0.29, 0.717) is 5.25 Å². The van der Waals surface area contributed by atoms with Gasteiger partial charge in [0.1, 0.15) is 0 Å². The zero-order valence-electron chi connectivity index (χ0n) is 8.73. The summed E-state index contributed by atoms with van der Waals surface area (Å²) in [5, 5.41) is 10.2. The van der Waals surface area contributed by atoms with Crippen LogP contribution in [0.25, 0.3) is 0 Å². The molecule has 0 unspecified atom stereocenters. The zero-order chi connectivity index (χ0) is 10.7. The van der Waals surface area contributed by atoms with E-state index in [0.717, 1.165) is 29.8 Å². The topological polar surface area (TPSA) is 46.2 Å². The Morgan fingerprint density at radius 1 is 1.20 bits per heavy atom. The van der Waals surface area contributed by atoms with Gasteiger partial charge in [-0.3, -0.25) is 0 Å². The van der Waals surface area contributed by atoms with E-state index in [9.17, 15) is 5.11 Å². The Hall–Kier alpha value is -0.670. The molecule has 15 heavy (non-hydrogen) atoms. The fourth-order valence-corrected chi connectivity index (χ4v) is 3.23. The number of hydrogen-bond donors (Lipinski definition) is 2. The Balaban J connectivity index is 2.04. The van der Waals surface area contributed by atoms with E-state index in [4.69, 9.17) is 5.73 Å². The number of benzene rings is 1. The molecule has 0 aliphatic heterocycles. The first kappa shape index (κ1) is 10.8. The molecule has 0 saturated heterocycles. The lowest BCUT2D eigenvalue weighted by molar-refractivity contribution is 0.137. The van der Waals surface area contributed by atoms with Gasteiger partial charge in [0.2, 0.25) is 0 Å². The molecule has 0 bridgehead atoms. The number of anilines is 1. The van der Waals surface area contributed by atoms with Crippen LogP contribution in [0, 0.1) is 0 Å². The van der Waals surface area contributed by atoms with Crippen LogP contribution in [0.15, 0.2) is 29.2 Å². The monoisotopic (exact) mass is 223 g/mol. The summed E-state index contributed by atoms with van der Waals surface area (Å²) in [7, 11) is 0. The highest BCUT2D eigenvalue weighted by atomic mass is 32.2. The zero-order valence-corrected chi connectivity index (χ0v) is 9.54. The minimum absolute atomic E-state index is 0.164. The molecule has 1 aliphatic carbocycles. The van der Waals surface area contributed by atoms with Crippen LogP contribution < -0.4 is 5.73 Å². The van der Waals surface area contributed by atoms with Crippen molar-refractivity contribution in [2.75, 3.05) is 5.73 Å². The lowest BCUT2D eigenvalue weighted by Gasteiger charge is -2.27. The van der Waals surface area contributed by atoms with Crippen molar-refractivity contribution in [1.29, 1.82) is 0 Å². The molecule has 1 aromatic rings. The van der Waals surface area contributed by atoms with Crippen molar-refractivity contribution in [2.45, 2.75) is 41.9 Å². The average molecular weight is 223 g/mol. The summed E-state index contributed by atoms with van der Waals surface area (Å²) >= 11 is 1.72. The second kappa shape index (κ2) is 4.90. The summed E-state index contributed by atoms with van der Waals surface area (Å²) in [5.74, 6) is 0. The molecule has 0 radical (unpaired) electrons. The molecule has 1 fully saturated rings. The molecular formula is C12H17NOS. The molecule has 0 heterocycles. The Bertz CT molecular complexity index is 329. The van der Waals surface area contributed by atoms with E-state index in [1.807, 2.05) is 24.3 Å². The Morgan fingerprint density at radius 3 is 2.67 bits per heavy atom. The molecule has 1 aromatic carbocycles. The molecule has 2 rings (SSSR count). The van der Waals surface area contributed by atoms with Crippen LogP contribution in [0.3, 0.4) is 0 Å². The molecule has 3 heteroatoms. The van der Waals surface area contributed by atoms with Gasteiger partial charge in [0, 0.05) is 15.8 Å². The Kier molecular flexibility index (Phi) is 3.54. The van der Waals surface area contributed by atoms with Crippen LogP contribution in [-0.2, 0) is 0 Å². The van der Waals surface area contributed by atoms with Gasteiger partial charge in [0.15, 0.2) is 0 Å². The number of hydrogen-bond acceptors (Lipinski definition) is 3. The van der Waals surface area contributed by atoms with Gasteiger partial charge >= 0.3 is 0 Å². The first-order valence-electron chi connectivity index (χ1n) is 5.46. The van der Waals surface area contributed by atoms with Gasteiger partial charge in [-0.05, 0) is 25.0 Å². The first-order chi connectivity index (χ1) is 7.27. The molecule has 0 aromatic heterocycles. The molecule has 3 N–H and O–H groups in total. The third-order valence-electron chi connectivity index (χ3n) is 2.87. The second-order valence-electron chi connectivity index (χ2n) is 4.05. The maximum atomic E-state index is 9.86. The van der Waals surface area contributed by atoms with Crippen molar-refractivity contribution in [2.24, 2.45) is 0 Å². The highest BCUT2D eigenvalue weighted by Gasteiger charge is 2.24. The molecule has 2 atom stereocenters. The summed E-state index contributed by atoms with van der Waals surface area (Å²) in [6.07, 6.45) is 4.25. The summed E-state index contributed by atoms with van der Waals surface area (Å²) in [5.41, 5.74) is 6.70. The third kappa shape index (κ3) is 2.67. The molecule has 2 nitrogen and oxygen atoms in total. The van der Waals surface area contributed by atoms with Gasteiger partial charge in [-0.15, -0.1) is 11.8 Å². The van der Waals surface area contributed by atoms with Crippen molar-refractivity contribution in [1.82, 2.24) is 0 Å². The Labute approximate surface area is 94.9 Å². The number of nitrogens with two attached hydrogens (primary N) is 1. The summed E-state index contributed by atoms with van der Waals surface area (Å²) in [6, 6.07) is 7.88. The smallest absolute Gasteiger partial charge is 0.0662 e. The minimum Gasteiger partial charge on any atom is -0.398 e. The summed E-state index contributed by atoms with van der Waals surface area (Å²) in [4.78, 5) is 1.10. The van der Waals surface area contributed by atoms with Gasteiger partial charge in [-0.1, -0.05) is 25.0 Å². The molecule has 1 aliphatic rings. The van der Waals surface area contributed by atoms with Gasteiger partial charge in [0.05, 0.1) is 6.10 Å². The molecule has 0 spiro atoms. The number of rotatable bonds is 2. The van der Waals surface area contributed by atoms with Crippen LogP contribution >= 0.6 is 11.8 Å². The first-order valence-corrected chi connectivity index (χ1v) is 6.34. The maximum absolute atomic E-state index is 9.86. The minimum atomic E-state index is -0.164. The number of aliphatic hydroxyl groups excluding tert-OH is 1. The van der Waals surface area contributed by atoms with Crippen molar-refractivity contribution in [3.05, 3.63) is 24.3 Å². The number of para-hydroxylation sites is 1. The number of aliphatic hydroxyl groups is 1. The lowest BCUT2D eigenvalue weighted by atomic mass is 9.97. The van der Waals surface area contributed by atoms with Crippen molar-refractivity contribution in [3.63, 3.8) is 0 Å². The molecule has 0 amide bonds. The van der Waals surface area contributed by atoms with Crippen LogP contribution in [0.1, 0.15) is 25.7 Å². The van der Waals surface area contributed by atoms with Crippen LogP contribution in [-0.4, -0.2) is 16.5 Å². The van der Waals surface area contributed by atoms with Crippen LogP contribution in [0.4, 0.5) is 5.69 Å². The molecular weight excluding hydrogens is 206 g/mol. The van der Waals surface area contributed by atoms with E-state index < -0.39 is 0 Å². The van der Waals surface area contributed by atoms with Crippen molar-refractivity contribution >= 4 is 17.4 Å². The predicted octanol–water partition coefficient (Wildman–Crippen LogP) is 2.66. The van der Waals surface area contributed by atoms with Gasteiger partial charge in [-0.25, -0.2) is 0 Å². The quantitative estimate of drug-likeness (QED) is 0.758. The third-order valence-corrected chi connectivity index (χ3v) is 4.34. The van der Waals surface area contributed by atoms with E-state index >= 15 is 0 Å². The highest BCUT2D eigenvalue weighted by Crippen LogP contribution is 2.36. The number of thioether (sulfide) groups is 1. The molecule has 1 saturated carbocycles. The Morgan fingerprint density at radius 2 is 1.93 bits per heavy atom. The largest absolute Gasteiger partial charge is 0.398 e. The van der Waals surface area contributed by atoms with Crippen LogP contribution in [0.5, 0.6) is 0 Å². The van der Waals surface area contributed by atoms with E-state index in [2.05, 4.69) is 0 Å². The summed E-state index contributed by atoms with van der Waals surface area (Å²) in [6.45, 7) is 0. The van der Waals surface area contributed by atoms with Crippen molar-refractivity contribution < 1.29 is 5.11 Å². The fourth-order valence-electron chi connectivity index (χ4n) is 1.97. The summed E-state index contributed by atoms with van der Waals surface area (Å²) < 4.78 is 0. The second-order valence-corrected chi connectivity index (χ2v) is 5.33. The van der Waals surface area contributed by atoms with Gasteiger partial charge < -0.3 is 10.8 Å². The fraction of sp³-hybridized carbons (Fsp3) is 0.500.